The van der Waals surface area contributed by atoms with E-state index in [0.29, 0.717) is 11.3 Å². The van der Waals surface area contributed by atoms with Crippen LogP contribution in [0.25, 0.3) is 5.57 Å². The normalized spacial score (nSPS) is 15.4. The zero-order chi connectivity index (χ0) is 13.2. The van der Waals surface area contributed by atoms with Crippen molar-refractivity contribution in [1.82, 2.24) is 9.97 Å². The molecule has 92 valence electrons. The number of aromatic nitrogens is 2. The number of nitrogens with zero attached hydrogens (tertiary/aromatic N) is 3. The number of fused-ring (bicyclic) bond motifs is 1. The number of para-hydroxylation sites is 1. The number of nitriles is 1. The van der Waals surface area contributed by atoms with Crippen LogP contribution in [0, 0.1) is 11.3 Å². The molecular formula is C13H7ClN4S. The number of hydrogen-bond donors (Lipinski definition) is 1. The molecule has 0 unspecified atom stereocenters. The van der Waals surface area contributed by atoms with Crippen LogP contribution in [-0.2, 0) is 0 Å². The number of benzene rings is 1. The summed E-state index contributed by atoms with van der Waals surface area (Å²) in [6.45, 7) is 0. The Kier molecular flexibility index (Phi) is 3.11. The van der Waals surface area contributed by atoms with Crippen LogP contribution in [0.1, 0.15) is 5.69 Å². The van der Waals surface area contributed by atoms with E-state index in [1.54, 1.807) is 6.07 Å². The molecule has 2 heterocycles. The highest BCUT2D eigenvalue weighted by molar-refractivity contribution is 8.04. The Balaban J connectivity index is 2.06. The lowest BCUT2D eigenvalue weighted by Crippen LogP contribution is -1.97. The van der Waals surface area contributed by atoms with Crippen LogP contribution in [0.4, 0.5) is 5.69 Å². The van der Waals surface area contributed by atoms with Gasteiger partial charge in [-0.05, 0) is 29.8 Å². The minimum atomic E-state index is 0.131. The monoisotopic (exact) mass is 286 g/mol. The first kappa shape index (κ1) is 12.0. The van der Waals surface area contributed by atoms with Crippen LogP contribution >= 0.6 is 23.4 Å². The summed E-state index contributed by atoms with van der Waals surface area (Å²) in [5, 5.41) is 13.5. The molecule has 1 aromatic carbocycles. The first-order valence-electron chi connectivity index (χ1n) is 5.45. The second-order valence-corrected chi connectivity index (χ2v) is 5.14. The summed E-state index contributed by atoms with van der Waals surface area (Å²) in [6.07, 6.45) is 1.54. The molecule has 1 aliphatic rings. The van der Waals surface area contributed by atoms with Gasteiger partial charge in [-0.3, -0.25) is 0 Å². The maximum atomic E-state index is 9.35. The maximum absolute atomic E-state index is 9.35. The highest BCUT2D eigenvalue weighted by Gasteiger charge is 2.20. The molecule has 0 aliphatic carbocycles. The summed E-state index contributed by atoms with van der Waals surface area (Å²) in [5.74, 6) is 0. The van der Waals surface area contributed by atoms with E-state index in [1.807, 2.05) is 24.3 Å². The number of allylic oxidation sites excluding steroid dienone is 1. The standard InChI is InChI=1S/C13H7ClN4S/c14-13-16-6-5-9(18-13)8(7-15)12-17-10-3-1-2-4-11(10)19-12/h1-6,17H. The van der Waals surface area contributed by atoms with E-state index in [0.717, 1.165) is 15.6 Å². The lowest BCUT2D eigenvalue weighted by atomic mass is 10.2. The van der Waals surface area contributed by atoms with Gasteiger partial charge in [-0.15, -0.1) is 0 Å². The zero-order valence-corrected chi connectivity index (χ0v) is 11.2. The van der Waals surface area contributed by atoms with E-state index in [1.165, 1.54) is 18.0 Å². The predicted molar refractivity (Wildman–Crippen MR) is 75.5 cm³/mol. The molecule has 0 radical (unpaired) electrons. The lowest BCUT2D eigenvalue weighted by molar-refractivity contribution is 1.14. The molecule has 6 heteroatoms. The molecule has 1 aliphatic heterocycles. The average Bonchev–Trinajstić information content (AvgIpc) is 2.83. The van der Waals surface area contributed by atoms with Gasteiger partial charge in [-0.25, -0.2) is 9.97 Å². The highest BCUT2D eigenvalue weighted by Crippen LogP contribution is 2.43. The van der Waals surface area contributed by atoms with Crippen molar-refractivity contribution in [1.29, 1.82) is 5.26 Å². The van der Waals surface area contributed by atoms with Gasteiger partial charge in [0.1, 0.15) is 11.6 Å². The molecular weight excluding hydrogens is 280 g/mol. The Morgan fingerprint density at radius 3 is 2.89 bits per heavy atom. The zero-order valence-electron chi connectivity index (χ0n) is 9.59. The lowest BCUT2D eigenvalue weighted by Gasteiger charge is -2.03. The van der Waals surface area contributed by atoms with Crippen molar-refractivity contribution in [3.8, 4) is 6.07 Å². The largest absolute Gasteiger partial charge is 0.348 e. The third-order valence-electron chi connectivity index (χ3n) is 2.57. The van der Waals surface area contributed by atoms with Gasteiger partial charge in [0.25, 0.3) is 0 Å². The van der Waals surface area contributed by atoms with E-state index in [2.05, 4.69) is 21.4 Å². The fourth-order valence-electron chi connectivity index (χ4n) is 1.73. The van der Waals surface area contributed by atoms with E-state index in [-0.39, 0.29) is 5.28 Å². The molecule has 19 heavy (non-hydrogen) atoms. The van der Waals surface area contributed by atoms with Gasteiger partial charge in [0, 0.05) is 11.1 Å². The SMILES string of the molecule is N#CC(=C1Nc2ccccc2S1)c1ccnc(Cl)n1. The van der Waals surface area contributed by atoms with E-state index >= 15 is 0 Å². The van der Waals surface area contributed by atoms with Crippen LogP contribution in [0.3, 0.4) is 0 Å². The van der Waals surface area contributed by atoms with Gasteiger partial charge < -0.3 is 5.32 Å². The fraction of sp³-hybridized carbons (Fsp3) is 0. The molecule has 0 amide bonds. The molecule has 0 fully saturated rings. The van der Waals surface area contributed by atoms with Crippen LogP contribution in [-0.4, -0.2) is 9.97 Å². The van der Waals surface area contributed by atoms with Crippen molar-refractivity contribution in [2.45, 2.75) is 4.90 Å². The number of rotatable bonds is 1. The second kappa shape index (κ2) is 4.92. The minimum Gasteiger partial charge on any atom is -0.348 e. The van der Waals surface area contributed by atoms with Gasteiger partial charge in [-0.2, -0.15) is 5.26 Å². The van der Waals surface area contributed by atoms with Crippen LogP contribution in [0.5, 0.6) is 0 Å². The Labute approximate surface area is 119 Å². The summed E-state index contributed by atoms with van der Waals surface area (Å²) in [4.78, 5) is 8.98. The summed E-state index contributed by atoms with van der Waals surface area (Å²) >= 11 is 7.27. The molecule has 0 saturated heterocycles. The van der Waals surface area contributed by atoms with Crippen molar-refractivity contribution in [2.75, 3.05) is 5.32 Å². The fourth-order valence-corrected chi connectivity index (χ4v) is 2.88. The van der Waals surface area contributed by atoms with E-state index < -0.39 is 0 Å². The molecule has 0 bridgehead atoms. The Morgan fingerprint density at radius 2 is 2.16 bits per heavy atom. The van der Waals surface area contributed by atoms with Crippen LogP contribution in [0.2, 0.25) is 5.28 Å². The number of hydrogen-bond acceptors (Lipinski definition) is 5. The van der Waals surface area contributed by atoms with Gasteiger partial charge in [0.05, 0.1) is 16.4 Å². The predicted octanol–water partition coefficient (Wildman–Crippen LogP) is 3.54. The quantitative estimate of drug-likeness (QED) is 0.642. The summed E-state index contributed by atoms with van der Waals surface area (Å²) in [6, 6.07) is 11.7. The average molecular weight is 287 g/mol. The van der Waals surface area contributed by atoms with Crippen LogP contribution in [0.15, 0.2) is 46.5 Å². The topological polar surface area (TPSA) is 61.6 Å². The second-order valence-electron chi connectivity index (χ2n) is 3.75. The van der Waals surface area contributed by atoms with Crippen molar-refractivity contribution < 1.29 is 0 Å². The summed E-state index contributed by atoms with van der Waals surface area (Å²) in [7, 11) is 0. The van der Waals surface area contributed by atoms with Crippen molar-refractivity contribution >= 4 is 34.6 Å². The number of anilines is 1. The molecule has 0 spiro atoms. The first-order valence-corrected chi connectivity index (χ1v) is 6.64. The van der Waals surface area contributed by atoms with Gasteiger partial charge in [0.15, 0.2) is 0 Å². The third-order valence-corrected chi connectivity index (χ3v) is 3.84. The van der Waals surface area contributed by atoms with E-state index in [4.69, 9.17) is 11.6 Å². The van der Waals surface area contributed by atoms with Crippen molar-refractivity contribution in [2.24, 2.45) is 0 Å². The summed E-state index contributed by atoms with van der Waals surface area (Å²) < 4.78 is 0. The molecule has 2 aromatic rings. The molecule has 4 nitrogen and oxygen atoms in total. The molecule has 3 rings (SSSR count). The maximum Gasteiger partial charge on any atom is 0.222 e. The minimum absolute atomic E-state index is 0.131. The number of thioether (sulfide) groups is 1. The van der Waals surface area contributed by atoms with Crippen molar-refractivity contribution in [3.05, 3.63) is 52.5 Å². The summed E-state index contributed by atoms with van der Waals surface area (Å²) in [5.41, 5.74) is 1.98. The molecule has 0 saturated carbocycles. The number of halogens is 1. The molecule has 1 N–H and O–H groups in total. The smallest absolute Gasteiger partial charge is 0.222 e. The third kappa shape index (κ3) is 2.28. The Bertz CT molecular complexity index is 694. The molecule has 1 aromatic heterocycles. The van der Waals surface area contributed by atoms with Crippen LogP contribution < -0.4 is 5.32 Å². The van der Waals surface area contributed by atoms with Gasteiger partial charge in [0.2, 0.25) is 5.28 Å². The van der Waals surface area contributed by atoms with Gasteiger partial charge in [-0.1, -0.05) is 23.9 Å². The molecule has 0 atom stereocenters. The van der Waals surface area contributed by atoms with Crippen molar-refractivity contribution in [3.63, 3.8) is 0 Å². The first-order chi connectivity index (χ1) is 9.28. The van der Waals surface area contributed by atoms with E-state index in [9.17, 15) is 5.26 Å². The Morgan fingerprint density at radius 1 is 1.32 bits per heavy atom. The Hall–Kier alpha value is -2.03. The van der Waals surface area contributed by atoms with Gasteiger partial charge >= 0.3 is 0 Å². The number of nitrogens with one attached hydrogen (secondary N) is 1. The highest BCUT2D eigenvalue weighted by atomic mass is 35.5.